The first kappa shape index (κ1) is 25.5. The minimum Gasteiger partial charge on any atom is -0.392 e. The van der Waals surface area contributed by atoms with Crippen molar-refractivity contribution in [3.63, 3.8) is 0 Å². The predicted molar refractivity (Wildman–Crippen MR) is 145 cm³/mol. The van der Waals surface area contributed by atoms with Crippen molar-refractivity contribution in [2.75, 3.05) is 31.5 Å². The van der Waals surface area contributed by atoms with Gasteiger partial charge in [0.15, 0.2) is 11.6 Å². The molecule has 0 aliphatic carbocycles. The summed E-state index contributed by atoms with van der Waals surface area (Å²) < 4.78 is 28.9. The lowest BCUT2D eigenvalue weighted by Gasteiger charge is -2.28. The number of carbonyl (C=O) groups is 2. The number of aliphatic hydroxyl groups excluding tert-OH is 1. The van der Waals surface area contributed by atoms with Crippen LogP contribution in [0, 0.1) is 18.6 Å². The second kappa shape index (κ2) is 10.1. The monoisotopic (exact) mass is 532 g/mol. The Morgan fingerprint density at radius 1 is 1.13 bits per heavy atom. The van der Waals surface area contributed by atoms with Gasteiger partial charge in [0.1, 0.15) is 0 Å². The number of benzene rings is 2. The van der Waals surface area contributed by atoms with E-state index in [1.165, 1.54) is 12.1 Å². The third-order valence-corrected chi connectivity index (χ3v) is 7.92. The van der Waals surface area contributed by atoms with Crippen molar-refractivity contribution >= 4 is 29.2 Å². The second-order valence-electron chi connectivity index (χ2n) is 10.6. The molecule has 39 heavy (non-hydrogen) atoms. The summed E-state index contributed by atoms with van der Waals surface area (Å²) in [6, 6.07) is 10.9. The lowest BCUT2D eigenvalue weighted by molar-refractivity contribution is -0.110. The van der Waals surface area contributed by atoms with E-state index in [-0.39, 0.29) is 35.1 Å². The van der Waals surface area contributed by atoms with E-state index in [1.807, 2.05) is 11.8 Å². The van der Waals surface area contributed by atoms with Gasteiger partial charge in [-0.1, -0.05) is 24.3 Å². The Bertz CT molecular complexity index is 1500. The summed E-state index contributed by atoms with van der Waals surface area (Å²) in [7, 11) is 0. The molecule has 2 aromatic carbocycles. The van der Waals surface area contributed by atoms with E-state index >= 15 is 0 Å². The van der Waals surface area contributed by atoms with Crippen LogP contribution in [0.25, 0.3) is 22.8 Å². The Hall–Kier alpha value is -3.82. The van der Waals surface area contributed by atoms with Crippen LogP contribution in [0.1, 0.15) is 46.6 Å². The van der Waals surface area contributed by atoms with E-state index in [4.69, 9.17) is 0 Å². The van der Waals surface area contributed by atoms with Crippen LogP contribution < -0.4 is 5.32 Å². The molecule has 6 rings (SSSR count). The highest BCUT2D eigenvalue weighted by Gasteiger charge is 2.34. The molecular formula is C30H30F2N4O3. The van der Waals surface area contributed by atoms with Gasteiger partial charge in [-0.25, -0.2) is 8.78 Å². The fourth-order valence-corrected chi connectivity index (χ4v) is 6.09. The lowest BCUT2D eigenvalue weighted by atomic mass is 9.93. The fourth-order valence-electron chi connectivity index (χ4n) is 6.09. The Morgan fingerprint density at radius 3 is 2.72 bits per heavy atom. The first-order valence-electron chi connectivity index (χ1n) is 13.3. The van der Waals surface area contributed by atoms with Crippen LogP contribution in [0.3, 0.4) is 0 Å². The number of hydrogen-bond acceptors (Lipinski definition) is 4. The number of hydrogen-bond donors (Lipinski definition) is 3. The van der Waals surface area contributed by atoms with Crippen LogP contribution in [0.5, 0.6) is 0 Å². The summed E-state index contributed by atoms with van der Waals surface area (Å²) in [5.74, 6) is -2.45. The van der Waals surface area contributed by atoms with E-state index < -0.39 is 11.6 Å². The number of aromatic nitrogens is 1. The van der Waals surface area contributed by atoms with Crippen molar-refractivity contribution < 1.29 is 23.5 Å². The van der Waals surface area contributed by atoms with Crippen LogP contribution in [0.2, 0.25) is 0 Å². The predicted octanol–water partition coefficient (Wildman–Crippen LogP) is 4.43. The number of likely N-dealkylation sites (tertiary alicyclic amines) is 2. The number of aryl methyl sites for hydroxylation is 1. The zero-order valence-electron chi connectivity index (χ0n) is 21.6. The largest absolute Gasteiger partial charge is 0.392 e. The zero-order chi connectivity index (χ0) is 27.3. The number of H-pyrrole nitrogens is 1. The van der Waals surface area contributed by atoms with Gasteiger partial charge in [0, 0.05) is 54.7 Å². The van der Waals surface area contributed by atoms with Gasteiger partial charge in [0.2, 0.25) is 0 Å². The van der Waals surface area contributed by atoms with Crippen LogP contribution in [-0.4, -0.2) is 70.0 Å². The van der Waals surface area contributed by atoms with E-state index in [9.17, 15) is 23.5 Å². The molecule has 1 aromatic heterocycles. The molecule has 4 heterocycles. The van der Waals surface area contributed by atoms with Gasteiger partial charge in [0.25, 0.3) is 11.8 Å². The number of rotatable bonds is 5. The molecule has 0 bridgehead atoms. The first-order valence-corrected chi connectivity index (χ1v) is 13.3. The minimum atomic E-state index is -0.984. The topological polar surface area (TPSA) is 88.7 Å². The summed E-state index contributed by atoms with van der Waals surface area (Å²) in [6.07, 6.45) is 3.87. The van der Waals surface area contributed by atoms with E-state index in [1.54, 1.807) is 30.3 Å². The Labute approximate surface area is 225 Å². The molecule has 3 N–H and O–H groups in total. The molecule has 3 aliphatic heterocycles. The maximum Gasteiger partial charge on any atom is 0.256 e. The van der Waals surface area contributed by atoms with Gasteiger partial charge in [-0.15, -0.1) is 0 Å². The maximum absolute atomic E-state index is 14.8. The Kier molecular flexibility index (Phi) is 6.56. The van der Waals surface area contributed by atoms with Crippen molar-refractivity contribution in [1.29, 1.82) is 0 Å². The summed E-state index contributed by atoms with van der Waals surface area (Å²) in [5.41, 5.74) is 3.39. The number of halogens is 2. The van der Waals surface area contributed by atoms with E-state index in [0.717, 1.165) is 44.1 Å². The summed E-state index contributed by atoms with van der Waals surface area (Å²) >= 11 is 0. The second-order valence-corrected chi connectivity index (χ2v) is 10.6. The minimum absolute atomic E-state index is 0.0524. The smallest absolute Gasteiger partial charge is 0.256 e. The Balaban J connectivity index is 1.36. The van der Waals surface area contributed by atoms with Crippen LogP contribution in [-0.2, 0) is 4.79 Å². The van der Waals surface area contributed by atoms with Crippen LogP contribution >= 0.6 is 0 Å². The molecule has 3 aromatic rings. The van der Waals surface area contributed by atoms with Gasteiger partial charge in [-0.2, -0.15) is 0 Å². The number of anilines is 1. The molecule has 3 aliphatic rings. The molecule has 2 fully saturated rings. The van der Waals surface area contributed by atoms with Crippen LogP contribution in [0.4, 0.5) is 14.5 Å². The van der Waals surface area contributed by atoms with Gasteiger partial charge in [0.05, 0.1) is 22.9 Å². The summed E-state index contributed by atoms with van der Waals surface area (Å²) in [4.78, 5) is 34.2. The lowest BCUT2D eigenvalue weighted by Crippen LogP contribution is -2.43. The average molecular weight is 533 g/mol. The number of amides is 2. The highest BCUT2D eigenvalue weighted by molar-refractivity contribution is 6.36. The molecule has 0 unspecified atom stereocenters. The molecule has 0 saturated carbocycles. The van der Waals surface area contributed by atoms with Gasteiger partial charge >= 0.3 is 0 Å². The number of carbonyl (C=O) groups excluding carboxylic acids is 2. The molecule has 2 atom stereocenters. The van der Waals surface area contributed by atoms with E-state index in [2.05, 4.69) is 15.2 Å². The molecule has 0 radical (unpaired) electrons. The van der Waals surface area contributed by atoms with Crippen molar-refractivity contribution in [1.82, 2.24) is 14.8 Å². The number of fused-ring (bicyclic) bond motifs is 1. The standard InChI is InChI=1S/C30H30F2N4O3/c1-17-13-22(30(39)36-11-4-5-18(36)15-35-12-10-19(37)16-35)26(33-17)14-23-27-20(6-3-9-25(27)34-29(23)38)21-7-2-8-24(31)28(21)32/h2-3,6-9,13-14,18-19,33,37H,4-5,10-12,15-16H2,1H3,(H,34,38)/t18-,19+/m0/s1. The molecule has 2 saturated heterocycles. The van der Waals surface area contributed by atoms with E-state index in [0.29, 0.717) is 41.2 Å². The van der Waals surface area contributed by atoms with Crippen molar-refractivity contribution in [3.8, 4) is 11.1 Å². The number of nitrogens with zero attached hydrogens (tertiary/aromatic N) is 2. The number of nitrogens with one attached hydrogen (secondary N) is 2. The van der Waals surface area contributed by atoms with Gasteiger partial charge in [-0.05, 0) is 56.0 Å². The molecule has 2 amide bonds. The normalized spacial score (nSPS) is 22.1. The van der Waals surface area contributed by atoms with Crippen molar-refractivity contribution in [2.45, 2.75) is 38.3 Å². The number of aliphatic hydroxyl groups is 1. The molecule has 9 heteroatoms. The highest BCUT2D eigenvalue weighted by Crippen LogP contribution is 2.41. The van der Waals surface area contributed by atoms with Crippen molar-refractivity contribution in [2.24, 2.45) is 0 Å². The molecule has 202 valence electrons. The third-order valence-electron chi connectivity index (χ3n) is 7.92. The van der Waals surface area contributed by atoms with Gasteiger partial charge in [-0.3, -0.25) is 14.5 Å². The summed E-state index contributed by atoms with van der Waals surface area (Å²) in [5, 5.41) is 12.7. The highest BCUT2D eigenvalue weighted by atomic mass is 19.2. The number of aromatic amines is 1. The quantitative estimate of drug-likeness (QED) is 0.424. The van der Waals surface area contributed by atoms with Crippen LogP contribution in [0.15, 0.2) is 42.5 Å². The third kappa shape index (κ3) is 4.66. The zero-order valence-corrected chi connectivity index (χ0v) is 21.6. The number of β-amino-alcohol motifs (C(OH)–C–C–N with tert-alkyl or cyclic N) is 1. The average Bonchev–Trinajstić information content (AvgIpc) is 3.69. The molecule has 7 nitrogen and oxygen atoms in total. The summed E-state index contributed by atoms with van der Waals surface area (Å²) in [6.45, 7) is 4.67. The van der Waals surface area contributed by atoms with Gasteiger partial charge < -0.3 is 20.3 Å². The Morgan fingerprint density at radius 2 is 1.92 bits per heavy atom. The molecular weight excluding hydrogens is 502 g/mol. The first-order chi connectivity index (χ1) is 18.8. The SMILES string of the molecule is Cc1cc(C(=O)N2CCC[C@H]2CN2CC[C@@H](O)C2)c(C=C2C(=O)Nc3cccc(-c4cccc(F)c4F)c32)[nH]1. The maximum atomic E-state index is 14.8. The van der Waals surface area contributed by atoms with Crippen molar-refractivity contribution in [3.05, 3.63) is 76.6 Å². The fraction of sp³-hybridized carbons (Fsp3) is 0.333. The molecule has 0 spiro atoms.